The number of halogens is 1. The molecule has 1 aromatic carbocycles. The SMILES string of the molecule is O=C1CN(c2c(O)cc3cnc(OCCN4CCOCC4)nc3c2F)S(=O)(=O)N1. The number of fused-ring (bicyclic) bond motifs is 1. The molecule has 1 amide bonds. The van der Waals surface area contributed by atoms with E-state index in [-0.39, 0.29) is 23.5 Å². The van der Waals surface area contributed by atoms with E-state index < -0.39 is 39.9 Å². The van der Waals surface area contributed by atoms with Crippen molar-refractivity contribution in [3.05, 3.63) is 18.1 Å². The molecule has 2 saturated heterocycles. The number of rotatable bonds is 5. The molecule has 0 bridgehead atoms. The van der Waals surface area contributed by atoms with Crippen molar-refractivity contribution in [2.24, 2.45) is 0 Å². The fraction of sp³-hybridized carbons (Fsp3) is 0.438. The summed E-state index contributed by atoms with van der Waals surface area (Å²) in [6.07, 6.45) is 1.26. The second-order valence-electron chi connectivity index (χ2n) is 6.49. The Hall–Kier alpha value is -2.77. The molecule has 11 nitrogen and oxygen atoms in total. The van der Waals surface area contributed by atoms with E-state index in [4.69, 9.17) is 9.47 Å². The minimum Gasteiger partial charge on any atom is -0.506 e. The van der Waals surface area contributed by atoms with Gasteiger partial charge in [-0.3, -0.25) is 9.69 Å². The number of aromatic nitrogens is 2. The van der Waals surface area contributed by atoms with Crippen LogP contribution in [0, 0.1) is 5.82 Å². The van der Waals surface area contributed by atoms with E-state index >= 15 is 4.39 Å². The maximum Gasteiger partial charge on any atom is 0.326 e. The smallest absolute Gasteiger partial charge is 0.326 e. The highest BCUT2D eigenvalue weighted by Gasteiger charge is 2.38. The van der Waals surface area contributed by atoms with E-state index in [1.54, 1.807) is 4.72 Å². The van der Waals surface area contributed by atoms with Gasteiger partial charge >= 0.3 is 16.2 Å². The monoisotopic (exact) mass is 427 g/mol. The number of amides is 1. The summed E-state index contributed by atoms with van der Waals surface area (Å²) in [5.41, 5.74) is -0.891. The van der Waals surface area contributed by atoms with Crippen LogP contribution < -0.4 is 13.8 Å². The lowest BCUT2D eigenvalue weighted by Gasteiger charge is -2.26. The van der Waals surface area contributed by atoms with Gasteiger partial charge in [0.05, 0.1) is 13.2 Å². The number of phenols is 1. The van der Waals surface area contributed by atoms with Crippen molar-refractivity contribution in [3.8, 4) is 11.8 Å². The van der Waals surface area contributed by atoms with Gasteiger partial charge in [0.15, 0.2) is 5.82 Å². The fourth-order valence-electron chi connectivity index (χ4n) is 3.14. The highest BCUT2D eigenvalue weighted by atomic mass is 32.2. The van der Waals surface area contributed by atoms with Gasteiger partial charge in [-0.15, -0.1) is 0 Å². The van der Waals surface area contributed by atoms with Crippen LogP contribution in [0.25, 0.3) is 10.9 Å². The number of carbonyl (C=O) groups excluding carboxylic acids is 1. The predicted octanol–water partition coefficient (Wildman–Crippen LogP) is -0.634. The molecule has 3 heterocycles. The summed E-state index contributed by atoms with van der Waals surface area (Å²) in [5, 5.41) is 10.3. The molecule has 2 aliphatic rings. The molecule has 2 aliphatic heterocycles. The largest absolute Gasteiger partial charge is 0.506 e. The normalized spacial score (nSPS) is 19.5. The Morgan fingerprint density at radius 1 is 1.34 bits per heavy atom. The molecule has 2 aromatic rings. The minimum absolute atomic E-state index is 0.0835. The van der Waals surface area contributed by atoms with Gasteiger partial charge < -0.3 is 14.6 Å². The molecule has 2 fully saturated rings. The molecule has 2 N–H and O–H groups in total. The summed E-state index contributed by atoms with van der Waals surface area (Å²) < 4.78 is 52.1. The first kappa shape index (κ1) is 19.5. The Morgan fingerprint density at radius 3 is 2.79 bits per heavy atom. The number of benzene rings is 1. The van der Waals surface area contributed by atoms with E-state index in [1.807, 2.05) is 0 Å². The van der Waals surface area contributed by atoms with Crippen molar-refractivity contribution < 1.29 is 32.2 Å². The number of nitrogens with one attached hydrogen (secondary N) is 1. The lowest BCUT2D eigenvalue weighted by Crippen LogP contribution is -2.38. The van der Waals surface area contributed by atoms with Crippen LogP contribution in [0.5, 0.6) is 11.8 Å². The maximum atomic E-state index is 15.1. The number of ether oxygens (including phenoxy) is 2. The molecule has 156 valence electrons. The zero-order valence-electron chi connectivity index (χ0n) is 15.2. The Kier molecular flexibility index (Phi) is 5.10. The highest BCUT2D eigenvalue weighted by Crippen LogP contribution is 2.37. The number of carbonyl (C=O) groups is 1. The molecule has 0 aliphatic carbocycles. The molecule has 0 atom stereocenters. The fourth-order valence-corrected chi connectivity index (χ4v) is 4.30. The highest BCUT2D eigenvalue weighted by molar-refractivity contribution is 7.92. The Labute approximate surface area is 165 Å². The van der Waals surface area contributed by atoms with Crippen molar-refractivity contribution in [3.63, 3.8) is 0 Å². The second kappa shape index (κ2) is 7.57. The third kappa shape index (κ3) is 3.88. The number of anilines is 1. The second-order valence-corrected chi connectivity index (χ2v) is 8.08. The lowest BCUT2D eigenvalue weighted by molar-refractivity contribution is -0.117. The standard InChI is InChI=1S/C16H18FN5O6S/c17-13-14-10(7-11(23)15(13)22-9-12(24)20-29(22,25)26)8-18-16(19-14)28-6-3-21-1-4-27-5-2-21/h7-8,23H,1-6,9H2,(H,20,24). The van der Waals surface area contributed by atoms with Crippen LogP contribution in [0.3, 0.4) is 0 Å². The van der Waals surface area contributed by atoms with Crippen LogP contribution in [-0.4, -0.2) is 80.3 Å². The van der Waals surface area contributed by atoms with Gasteiger partial charge in [-0.25, -0.2) is 18.4 Å². The quantitative estimate of drug-likeness (QED) is 0.639. The van der Waals surface area contributed by atoms with E-state index in [0.717, 1.165) is 19.2 Å². The number of hydrogen-bond acceptors (Lipinski definition) is 9. The van der Waals surface area contributed by atoms with Gasteiger partial charge in [0.2, 0.25) is 0 Å². The summed E-state index contributed by atoms with van der Waals surface area (Å²) in [6.45, 7) is 3.13. The first-order valence-corrected chi connectivity index (χ1v) is 10.2. The van der Waals surface area contributed by atoms with Crippen LogP contribution in [-0.2, 0) is 19.7 Å². The van der Waals surface area contributed by atoms with E-state index in [2.05, 4.69) is 14.9 Å². The van der Waals surface area contributed by atoms with Crippen molar-refractivity contribution in [2.45, 2.75) is 0 Å². The molecule has 0 saturated carbocycles. The molecule has 1 aromatic heterocycles. The van der Waals surface area contributed by atoms with E-state index in [9.17, 15) is 18.3 Å². The van der Waals surface area contributed by atoms with Gasteiger partial charge in [-0.05, 0) is 6.07 Å². The summed E-state index contributed by atoms with van der Waals surface area (Å²) in [4.78, 5) is 21.6. The molecule has 0 spiro atoms. The van der Waals surface area contributed by atoms with Crippen LogP contribution in [0.15, 0.2) is 12.3 Å². The Morgan fingerprint density at radius 2 is 2.10 bits per heavy atom. The average molecular weight is 427 g/mol. The third-order valence-electron chi connectivity index (χ3n) is 4.56. The number of nitrogens with zero attached hydrogens (tertiary/aromatic N) is 4. The van der Waals surface area contributed by atoms with Gasteiger partial charge in [-0.2, -0.15) is 13.4 Å². The van der Waals surface area contributed by atoms with Crippen molar-refractivity contribution in [1.29, 1.82) is 0 Å². The molecule has 0 unspecified atom stereocenters. The van der Waals surface area contributed by atoms with E-state index in [1.165, 1.54) is 6.20 Å². The number of morpholine rings is 1. The third-order valence-corrected chi connectivity index (χ3v) is 5.94. The molecular weight excluding hydrogens is 409 g/mol. The number of hydrogen-bond donors (Lipinski definition) is 2. The van der Waals surface area contributed by atoms with Crippen molar-refractivity contribution >= 4 is 32.7 Å². The molecule has 29 heavy (non-hydrogen) atoms. The molecular formula is C16H18FN5O6S. The van der Waals surface area contributed by atoms with Crippen LogP contribution >= 0.6 is 0 Å². The summed E-state index contributed by atoms with van der Waals surface area (Å²) in [7, 11) is -4.30. The van der Waals surface area contributed by atoms with Crippen molar-refractivity contribution in [1.82, 2.24) is 19.6 Å². The molecule has 13 heteroatoms. The first-order valence-electron chi connectivity index (χ1n) is 8.79. The Bertz CT molecular complexity index is 1060. The topological polar surface area (TPSA) is 134 Å². The number of phenolic OH excluding ortho intramolecular Hbond substituents is 1. The summed E-state index contributed by atoms with van der Waals surface area (Å²) in [5.74, 6) is -2.58. The van der Waals surface area contributed by atoms with E-state index in [0.29, 0.717) is 24.1 Å². The predicted molar refractivity (Wildman–Crippen MR) is 98.3 cm³/mol. The van der Waals surface area contributed by atoms with Gasteiger partial charge in [-0.1, -0.05) is 0 Å². The summed E-state index contributed by atoms with van der Waals surface area (Å²) >= 11 is 0. The maximum absolute atomic E-state index is 15.1. The van der Waals surface area contributed by atoms with Gasteiger partial charge in [0.1, 0.15) is 30.1 Å². The average Bonchev–Trinajstić information content (AvgIpc) is 2.95. The summed E-state index contributed by atoms with van der Waals surface area (Å²) in [6, 6.07) is 1.05. The number of aromatic hydroxyl groups is 1. The van der Waals surface area contributed by atoms with Crippen LogP contribution in [0.4, 0.5) is 10.1 Å². The Balaban J connectivity index is 1.59. The van der Waals surface area contributed by atoms with Gasteiger partial charge in [0.25, 0.3) is 5.91 Å². The van der Waals surface area contributed by atoms with Crippen molar-refractivity contribution in [2.75, 3.05) is 50.3 Å². The molecule has 4 rings (SSSR count). The minimum atomic E-state index is -4.30. The molecule has 0 radical (unpaired) electrons. The van der Waals surface area contributed by atoms with Crippen LogP contribution in [0.1, 0.15) is 0 Å². The van der Waals surface area contributed by atoms with Gasteiger partial charge in [0, 0.05) is 31.2 Å². The zero-order valence-corrected chi connectivity index (χ0v) is 16.0. The lowest BCUT2D eigenvalue weighted by atomic mass is 10.2. The first-order chi connectivity index (χ1) is 13.8. The zero-order chi connectivity index (χ0) is 20.6. The van der Waals surface area contributed by atoms with Crippen LogP contribution in [0.2, 0.25) is 0 Å².